The Morgan fingerprint density at radius 1 is 0.800 bits per heavy atom. The van der Waals surface area contributed by atoms with Crippen LogP contribution in [0.2, 0.25) is 0 Å². The van der Waals surface area contributed by atoms with Crippen LogP contribution in [-0.4, -0.2) is 84.2 Å². The van der Waals surface area contributed by atoms with Crippen molar-refractivity contribution in [1.82, 2.24) is 9.37 Å². The van der Waals surface area contributed by atoms with Crippen LogP contribution < -0.4 is 5.32 Å². The first-order chi connectivity index (χ1) is 28.6. The van der Waals surface area contributed by atoms with E-state index in [2.05, 4.69) is 47.7 Å². The zero-order valence-corrected chi connectivity index (χ0v) is 37.3. The molecule has 324 valence electrons. The lowest BCUT2D eigenvalue weighted by molar-refractivity contribution is -0.212. The molecule has 0 saturated heterocycles. The topological polar surface area (TPSA) is 143 Å². The highest BCUT2D eigenvalue weighted by molar-refractivity contribution is 7.98. The van der Waals surface area contributed by atoms with Crippen molar-refractivity contribution >= 4 is 45.4 Å². The summed E-state index contributed by atoms with van der Waals surface area (Å²) < 4.78 is 31.5. The molecule has 0 aromatic heterocycles. The molecule has 0 aliphatic carbocycles. The molecule has 60 heavy (non-hydrogen) atoms. The van der Waals surface area contributed by atoms with Gasteiger partial charge in [0.25, 0.3) is 0 Å². The van der Waals surface area contributed by atoms with Gasteiger partial charge < -0.3 is 9.84 Å². The number of carboxylic acids is 1. The summed E-state index contributed by atoms with van der Waals surface area (Å²) in [6.45, 7) is 10.8. The van der Waals surface area contributed by atoms with Gasteiger partial charge in [0.1, 0.15) is 20.2 Å². The van der Waals surface area contributed by atoms with Crippen molar-refractivity contribution in [2.45, 2.75) is 89.5 Å². The molecule has 2 amide bonds. The fourth-order valence-corrected chi connectivity index (χ4v) is 9.38. The molecule has 2 N–H and O–H groups in total. The van der Waals surface area contributed by atoms with Crippen LogP contribution in [0, 0.1) is 5.92 Å². The first-order valence-corrected chi connectivity index (χ1v) is 23.4. The Hall–Kier alpha value is -4.69. The molecule has 0 heterocycles. The Balaban J connectivity index is 1.75. The maximum atomic E-state index is 13.9. The van der Waals surface area contributed by atoms with Gasteiger partial charge in [0, 0.05) is 37.0 Å². The molecule has 0 radical (unpaired) electrons. The standard InChI is InChI=1S/C47H61N3O8S2/c1-7-20-37(35-57-50(42(44(52)53)31-33-60(6,55)56)43(51)30-29-36-21-12-9-13-22-36)34-49(32-8-2)59-47(38-23-14-10-15-24-38,39-25-16-11-17-26-39)40-27-18-19-28-41(40)48-45(54)58-46(3,4)5/h9-19,21-28,37,42H,7-8,20,29-35H2,1-6H3,(H,48,54)(H,52,53)/t37-,42?/m0/s1. The number of aliphatic carboxylic acids is 1. The number of carbonyl (C=O) groups is 3. The first-order valence-electron chi connectivity index (χ1n) is 20.6. The van der Waals surface area contributed by atoms with Crippen molar-refractivity contribution in [3.05, 3.63) is 138 Å². The van der Waals surface area contributed by atoms with Crippen molar-refractivity contribution in [1.29, 1.82) is 0 Å². The van der Waals surface area contributed by atoms with E-state index in [0.29, 0.717) is 31.6 Å². The minimum absolute atomic E-state index is 0.0175. The van der Waals surface area contributed by atoms with Gasteiger partial charge in [-0.2, -0.15) is 0 Å². The van der Waals surface area contributed by atoms with Crippen LogP contribution in [0.3, 0.4) is 0 Å². The van der Waals surface area contributed by atoms with Gasteiger partial charge >= 0.3 is 12.1 Å². The second-order valence-corrected chi connectivity index (χ2v) is 19.6. The fourth-order valence-electron chi connectivity index (χ4n) is 7.03. The molecule has 4 rings (SSSR count). The molecule has 0 aliphatic rings. The van der Waals surface area contributed by atoms with Crippen LogP contribution in [0.4, 0.5) is 10.5 Å². The second kappa shape index (κ2) is 22.8. The predicted octanol–water partition coefficient (Wildman–Crippen LogP) is 9.38. The van der Waals surface area contributed by atoms with E-state index in [1.165, 1.54) is 0 Å². The summed E-state index contributed by atoms with van der Waals surface area (Å²) in [5, 5.41) is 14.3. The summed E-state index contributed by atoms with van der Waals surface area (Å²) in [6.07, 6.45) is 2.81. The average molecular weight is 860 g/mol. The van der Waals surface area contributed by atoms with Gasteiger partial charge in [-0.3, -0.25) is 14.9 Å². The molecule has 11 nitrogen and oxygen atoms in total. The van der Waals surface area contributed by atoms with Gasteiger partial charge in [-0.15, -0.1) is 0 Å². The number of aryl methyl sites for hydroxylation is 1. The molecule has 13 heteroatoms. The smallest absolute Gasteiger partial charge is 0.412 e. The predicted molar refractivity (Wildman–Crippen MR) is 240 cm³/mol. The highest BCUT2D eigenvalue weighted by Crippen LogP contribution is 2.52. The molecule has 0 aliphatic heterocycles. The van der Waals surface area contributed by atoms with Gasteiger partial charge in [0.15, 0.2) is 6.04 Å². The van der Waals surface area contributed by atoms with Crippen LogP contribution in [0.1, 0.15) is 89.0 Å². The maximum Gasteiger partial charge on any atom is 0.412 e. The lowest BCUT2D eigenvalue weighted by Crippen LogP contribution is -2.47. The maximum absolute atomic E-state index is 13.9. The molecule has 4 aromatic rings. The lowest BCUT2D eigenvalue weighted by atomic mass is 9.83. The number of hydrogen-bond acceptors (Lipinski definition) is 9. The number of carboxylic acid groups (broad SMARTS) is 1. The van der Waals surface area contributed by atoms with E-state index in [9.17, 15) is 27.9 Å². The van der Waals surface area contributed by atoms with Crippen LogP contribution in [0.5, 0.6) is 0 Å². The quantitative estimate of drug-likeness (QED) is 0.0421. The molecule has 0 bridgehead atoms. The van der Waals surface area contributed by atoms with E-state index in [1.807, 2.05) is 112 Å². The normalized spacial score (nSPS) is 13.1. The van der Waals surface area contributed by atoms with Crippen LogP contribution in [0.15, 0.2) is 115 Å². The number of ether oxygens (including phenoxy) is 1. The largest absolute Gasteiger partial charge is 0.480 e. The third kappa shape index (κ3) is 14.5. The zero-order chi connectivity index (χ0) is 43.8. The van der Waals surface area contributed by atoms with E-state index < -0.39 is 49.9 Å². The van der Waals surface area contributed by atoms with Crippen molar-refractivity contribution in [3.8, 4) is 0 Å². The summed E-state index contributed by atoms with van der Waals surface area (Å²) in [5.74, 6) is -2.45. The summed E-state index contributed by atoms with van der Waals surface area (Å²) in [5.41, 5.74) is 3.60. The van der Waals surface area contributed by atoms with Gasteiger partial charge in [-0.25, -0.2) is 27.4 Å². The Labute approximate surface area is 360 Å². The van der Waals surface area contributed by atoms with Crippen LogP contribution >= 0.6 is 11.9 Å². The van der Waals surface area contributed by atoms with Crippen molar-refractivity contribution in [2.24, 2.45) is 5.92 Å². The second-order valence-electron chi connectivity index (χ2n) is 16.0. The third-order valence-corrected chi connectivity index (χ3v) is 12.2. The van der Waals surface area contributed by atoms with Crippen LogP contribution in [0.25, 0.3) is 0 Å². The Kier molecular flexibility index (Phi) is 18.2. The SMILES string of the molecule is CCC[C@H](CON(C(=O)CCc1ccccc1)C(CCS(C)(=O)=O)C(=O)O)CN(CCC)SC(c1ccccc1)(c1ccccc1)c1ccccc1NC(=O)OC(C)(C)C. The van der Waals surface area contributed by atoms with Gasteiger partial charge in [0.05, 0.1) is 12.4 Å². The summed E-state index contributed by atoms with van der Waals surface area (Å²) in [7, 11) is -3.53. The fraction of sp³-hybridized carbons (Fsp3) is 0.426. The number of para-hydroxylation sites is 1. The van der Waals surface area contributed by atoms with Crippen molar-refractivity contribution < 1.29 is 37.5 Å². The van der Waals surface area contributed by atoms with Crippen molar-refractivity contribution in [3.63, 3.8) is 0 Å². The number of nitrogens with one attached hydrogen (secondary N) is 1. The molecule has 0 spiro atoms. The summed E-state index contributed by atoms with van der Waals surface area (Å²) >= 11 is 1.64. The highest BCUT2D eigenvalue weighted by Gasteiger charge is 2.42. The molecular formula is C47H61N3O8S2. The zero-order valence-electron chi connectivity index (χ0n) is 35.7. The van der Waals surface area contributed by atoms with E-state index in [1.54, 1.807) is 11.9 Å². The number of nitrogens with zero attached hydrogens (tertiary/aromatic N) is 2. The first kappa shape index (κ1) is 48.0. The highest BCUT2D eigenvalue weighted by atomic mass is 32.2. The monoisotopic (exact) mass is 859 g/mol. The van der Waals surface area contributed by atoms with Gasteiger partial charge in [-0.05, 0) is 75.1 Å². The number of anilines is 1. The molecule has 0 fully saturated rings. The average Bonchev–Trinajstić information content (AvgIpc) is 3.20. The van der Waals surface area contributed by atoms with E-state index >= 15 is 0 Å². The number of hydrogen-bond donors (Lipinski definition) is 2. The van der Waals surface area contributed by atoms with Crippen LogP contribution in [-0.2, 0) is 40.2 Å². The Morgan fingerprint density at radius 3 is 1.90 bits per heavy atom. The molecule has 4 aromatic carbocycles. The third-order valence-electron chi connectivity index (χ3n) is 9.70. The summed E-state index contributed by atoms with van der Waals surface area (Å²) in [4.78, 5) is 46.1. The number of hydroxylamine groups is 2. The van der Waals surface area contributed by atoms with Crippen molar-refractivity contribution in [2.75, 3.05) is 37.0 Å². The minimum Gasteiger partial charge on any atom is -0.480 e. The molecule has 0 saturated carbocycles. The minimum atomic E-state index is -3.53. The number of amides is 2. The Morgan fingerprint density at radius 2 is 1.37 bits per heavy atom. The number of carbonyl (C=O) groups excluding carboxylic acids is 2. The Bertz CT molecular complexity index is 2020. The van der Waals surface area contributed by atoms with E-state index in [0.717, 1.165) is 46.4 Å². The van der Waals surface area contributed by atoms with E-state index in [-0.39, 0.29) is 25.4 Å². The number of benzene rings is 4. The van der Waals surface area contributed by atoms with Gasteiger partial charge in [0.2, 0.25) is 5.91 Å². The number of sulfone groups is 1. The lowest BCUT2D eigenvalue weighted by Gasteiger charge is -2.41. The summed E-state index contributed by atoms with van der Waals surface area (Å²) in [6, 6.07) is 36.0. The number of rotatable bonds is 23. The molecular weight excluding hydrogens is 799 g/mol. The molecule has 2 atom stereocenters. The van der Waals surface area contributed by atoms with Gasteiger partial charge in [-0.1, -0.05) is 141 Å². The molecule has 1 unspecified atom stereocenters. The van der Waals surface area contributed by atoms with E-state index in [4.69, 9.17) is 9.57 Å².